The van der Waals surface area contributed by atoms with Gasteiger partial charge in [-0.1, -0.05) is 19.8 Å². The fourth-order valence-corrected chi connectivity index (χ4v) is 1.36. The minimum atomic E-state index is -2.24. The highest BCUT2D eigenvalue weighted by Gasteiger charge is 2.13. The van der Waals surface area contributed by atoms with Gasteiger partial charge in [0, 0.05) is 12.6 Å². The first-order valence-electron chi connectivity index (χ1n) is 5.77. The van der Waals surface area contributed by atoms with Crippen molar-refractivity contribution in [3.63, 3.8) is 0 Å². The van der Waals surface area contributed by atoms with Gasteiger partial charge in [0.2, 0.25) is 0 Å². The molecule has 0 aliphatic carbocycles. The van der Waals surface area contributed by atoms with Crippen LogP contribution in [-0.2, 0) is 0 Å². The van der Waals surface area contributed by atoms with E-state index in [1.807, 2.05) is 6.92 Å². The van der Waals surface area contributed by atoms with Crippen LogP contribution in [0, 0.1) is 0 Å². The molecule has 15 heavy (non-hydrogen) atoms. The second-order valence-electron chi connectivity index (χ2n) is 4.09. The van der Waals surface area contributed by atoms with Crippen LogP contribution in [0.25, 0.3) is 0 Å². The van der Waals surface area contributed by atoms with Crippen LogP contribution in [0.1, 0.15) is 33.1 Å². The van der Waals surface area contributed by atoms with Crippen LogP contribution < -0.4 is 5.32 Å². The van der Waals surface area contributed by atoms with E-state index >= 15 is 0 Å². The van der Waals surface area contributed by atoms with Gasteiger partial charge in [0.1, 0.15) is 0 Å². The number of halogens is 2. The van der Waals surface area contributed by atoms with E-state index in [1.54, 1.807) is 11.9 Å². The Bertz CT molecular complexity index is 143. The van der Waals surface area contributed by atoms with Crippen molar-refractivity contribution in [1.29, 1.82) is 0 Å². The number of hydrogen-bond acceptors (Lipinski definition) is 2. The lowest BCUT2D eigenvalue weighted by molar-refractivity contribution is 0.0841. The van der Waals surface area contributed by atoms with Gasteiger partial charge in [0.25, 0.3) is 6.43 Å². The minimum absolute atomic E-state index is 0.141. The molecule has 0 aliphatic rings. The fraction of sp³-hybridized carbons (Fsp3) is 1.00. The molecule has 0 aromatic carbocycles. The molecule has 92 valence electrons. The van der Waals surface area contributed by atoms with Crippen LogP contribution in [0.3, 0.4) is 0 Å². The Morgan fingerprint density at radius 3 is 2.47 bits per heavy atom. The Hall–Kier alpha value is -0.220. The Kier molecular flexibility index (Phi) is 8.91. The van der Waals surface area contributed by atoms with Gasteiger partial charge in [-0.15, -0.1) is 0 Å². The second kappa shape index (κ2) is 9.04. The summed E-state index contributed by atoms with van der Waals surface area (Å²) in [5.41, 5.74) is 0. The summed E-state index contributed by atoms with van der Waals surface area (Å²) in [4.78, 5) is 1.69. The van der Waals surface area contributed by atoms with Crippen LogP contribution in [-0.4, -0.2) is 44.0 Å². The highest BCUT2D eigenvalue weighted by molar-refractivity contribution is 4.66. The van der Waals surface area contributed by atoms with Crippen molar-refractivity contribution >= 4 is 0 Å². The first-order valence-corrected chi connectivity index (χ1v) is 5.77. The molecule has 0 saturated heterocycles. The number of unbranched alkanes of at least 4 members (excludes halogenated alkanes) is 2. The zero-order valence-electron chi connectivity index (χ0n) is 10.1. The first kappa shape index (κ1) is 14.8. The zero-order chi connectivity index (χ0) is 11.7. The zero-order valence-corrected chi connectivity index (χ0v) is 10.1. The molecule has 1 N–H and O–H groups in total. The fourth-order valence-electron chi connectivity index (χ4n) is 1.36. The molecular weight excluding hydrogens is 198 g/mol. The number of alkyl halides is 2. The highest BCUT2D eigenvalue weighted by Crippen LogP contribution is 2.00. The summed E-state index contributed by atoms with van der Waals surface area (Å²) < 4.78 is 24.1. The van der Waals surface area contributed by atoms with Gasteiger partial charge in [-0.3, -0.25) is 4.90 Å². The topological polar surface area (TPSA) is 15.3 Å². The number of nitrogens with zero attached hydrogens (tertiary/aromatic N) is 1. The molecule has 0 bridgehead atoms. The molecule has 1 atom stereocenters. The Labute approximate surface area is 92.0 Å². The standard InChI is InChI=1S/C11H24F2N2/c1-4-5-6-7-14-8-10(2)15(3)9-11(12)13/h10-11,14H,4-9H2,1-3H3. The molecule has 0 fully saturated rings. The van der Waals surface area contributed by atoms with Gasteiger partial charge in [0.15, 0.2) is 0 Å². The summed E-state index contributed by atoms with van der Waals surface area (Å²) in [7, 11) is 1.74. The molecule has 0 spiro atoms. The van der Waals surface area contributed by atoms with Gasteiger partial charge >= 0.3 is 0 Å². The summed E-state index contributed by atoms with van der Waals surface area (Å²) in [6.07, 6.45) is 1.37. The Morgan fingerprint density at radius 2 is 1.93 bits per heavy atom. The normalized spacial score (nSPS) is 13.8. The minimum Gasteiger partial charge on any atom is -0.315 e. The van der Waals surface area contributed by atoms with Crippen molar-refractivity contribution < 1.29 is 8.78 Å². The van der Waals surface area contributed by atoms with E-state index in [-0.39, 0.29) is 12.6 Å². The summed E-state index contributed by atoms with van der Waals surface area (Å²) in [5, 5.41) is 3.29. The smallest absolute Gasteiger partial charge is 0.251 e. The van der Waals surface area contributed by atoms with E-state index in [4.69, 9.17) is 0 Å². The van der Waals surface area contributed by atoms with E-state index in [1.165, 1.54) is 19.3 Å². The van der Waals surface area contributed by atoms with E-state index in [0.717, 1.165) is 13.1 Å². The predicted octanol–water partition coefficient (Wildman–Crippen LogP) is 2.35. The van der Waals surface area contributed by atoms with Gasteiger partial charge in [0.05, 0.1) is 6.54 Å². The predicted molar refractivity (Wildman–Crippen MR) is 60.5 cm³/mol. The maximum absolute atomic E-state index is 12.1. The maximum Gasteiger partial charge on any atom is 0.251 e. The monoisotopic (exact) mass is 222 g/mol. The lowest BCUT2D eigenvalue weighted by Gasteiger charge is -2.24. The third kappa shape index (κ3) is 8.75. The lowest BCUT2D eigenvalue weighted by Crippen LogP contribution is -2.40. The van der Waals surface area contributed by atoms with Crippen molar-refractivity contribution in [1.82, 2.24) is 10.2 Å². The summed E-state index contributed by atoms with van der Waals surface area (Å²) in [6.45, 7) is 5.76. The SMILES string of the molecule is CCCCCNCC(C)N(C)CC(F)F. The molecule has 0 amide bonds. The maximum atomic E-state index is 12.1. The highest BCUT2D eigenvalue weighted by atomic mass is 19.3. The van der Waals surface area contributed by atoms with Crippen molar-refractivity contribution in [3.8, 4) is 0 Å². The van der Waals surface area contributed by atoms with Crippen LogP contribution in [0.4, 0.5) is 8.78 Å². The average molecular weight is 222 g/mol. The molecule has 0 heterocycles. The van der Waals surface area contributed by atoms with Crippen LogP contribution in [0.15, 0.2) is 0 Å². The van der Waals surface area contributed by atoms with Crippen molar-refractivity contribution in [2.24, 2.45) is 0 Å². The second-order valence-corrected chi connectivity index (χ2v) is 4.09. The van der Waals surface area contributed by atoms with E-state index in [2.05, 4.69) is 12.2 Å². The number of nitrogens with one attached hydrogen (secondary N) is 1. The average Bonchev–Trinajstić information content (AvgIpc) is 2.16. The number of rotatable bonds is 9. The summed E-state index contributed by atoms with van der Waals surface area (Å²) >= 11 is 0. The quantitative estimate of drug-likeness (QED) is 0.602. The number of likely N-dealkylation sites (N-methyl/N-ethyl adjacent to an activating group) is 1. The molecule has 0 rings (SSSR count). The molecule has 1 unspecified atom stereocenters. The molecule has 0 aliphatic heterocycles. The van der Waals surface area contributed by atoms with Crippen molar-refractivity contribution in [3.05, 3.63) is 0 Å². The lowest BCUT2D eigenvalue weighted by atomic mass is 10.2. The molecular formula is C11H24F2N2. The summed E-state index contributed by atoms with van der Waals surface area (Å²) in [5.74, 6) is 0. The van der Waals surface area contributed by atoms with Crippen LogP contribution >= 0.6 is 0 Å². The van der Waals surface area contributed by atoms with Gasteiger partial charge < -0.3 is 5.32 Å². The van der Waals surface area contributed by atoms with E-state index in [0.29, 0.717) is 0 Å². The largest absolute Gasteiger partial charge is 0.315 e. The summed E-state index contributed by atoms with van der Waals surface area (Å²) in [6, 6.07) is 0.167. The molecule has 0 saturated carbocycles. The molecule has 0 aromatic heterocycles. The van der Waals surface area contributed by atoms with Gasteiger partial charge in [-0.05, 0) is 26.9 Å². The Balaban J connectivity index is 3.42. The third-order valence-electron chi connectivity index (χ3n) is 2.58. The first-order chi connectivity index (χ1) is 7.07. The third-order valence-corrected chi connectivity index (χ3v) is 2.58. The van der Waals surface area contributed by atoms with Crippen molar-refractivity contribution in [2.75, 3.05) is 26.7 Å². The molecule has 0 aromatic rings. The van der Waals surface area contributed by atoms with Crippen molar-refractivity contribution in [2.45, 2.75) is 45.6 Å². The number of hydrogen-bond donors (Lipinski definition) is 1. The van der Waals surface area contributed by atoms with Crippen LogP contribution in [0.5, 0.6) is 0 Å². The van der Waals surface area contributed by atoms with Gasteiger partial charge in [-0.25, -0.2) is 8.78 Å². The molecule has 0 radical (unpaired) electrons. The van der Waals surface area contributed by atoms with Crippen LogP contribution in [0.2, 0.25) is 0 Å². The van der Waals surface area contributed by atoms with E-state index < -0.39 is 6.43 Å². The Morgan fingerprint density at radius 1 is 1.27 bits per heavy atom. The molecule has 2 nitrogen and oxygen atoms in total. The van der Waals surface area contributed by atoms with E-state index in [9.17, 15) is 8.78 Å². The molecule has 4 heteroatoms. The van der Waals surface area contributed by atoms with Gasteiger partial charge in [-0.2, -0.15) is 0 Å².